The lowest BCUT2D eigenvalue weighted by molar-refractivity contribution is -0.125. The van der Waals surface area contributed by atoms with Gasteiger partial charge in [-0.1, -0.05) is 12.1 Å². The lowest BCUT2D eigenvalue weighted by Crippen LogP contribution is -2.55. The van der Waals surface area contributed by atoms with E-state index in [1.165, 1.54) is 0 Å². The third-order valence-corrected chi connectivity index (χ3v) is 3.51. The molecule has 2 rings (SSSR count). The first-order chi connectivity index (χ1) is 10.0. The van der Waals surface area contributed by atoms with E-state index in [2.05, 4.69) is 11.4 Å². The van der Waals surface area contributed by atoms with Crippen LogP contribution < -0.4 is 10.2 Å². The van der Waals surface area contributed by atoms with E-state index in [1.807, 2.05) is 37.8 Å². The van der Waals surface area contributed by atoms with Crippen molar-refractivity contribution >= 4 is 11.6 Å². The molecule has 1 aliphatic rings. The zero-order valence-electron chi connectivity index (χ0n) is 12.7. The molecule has 5 nitrogen and oxygen atoms in total. The van der Waals surface area contributed by atoms with Crippen LogP contribution in [0.1, 0.15) is 25.0 Å². The number of rotatable bonds is 3. The molecule has 1 N–H and O–H groups in total. The molecule has 0 bridgehead atoms. The van der Waals surface area contributed by atoms with Gasteiger partial charge in [0.2, 0.25) is 5.91 Å². The number of carbonyl (C=O) groups excluding carboxylic acids is 1. The van der Waals surface area contributed by atoms with Gasteiger partial charge in [0.25, 0.3) is 0 Å². The smallest absolute Gasteiger partial charge is 0.245 e. The molecular formula is C16H21N3O2. The topological polar surface area (TPSA) is 65.4 Å². The molecule has 1 atom stereocenters. The predicted octanol–water partition coefficient (Wildman–Crippen LogP) is 1.60. The molecule has 0 aromatic heterocycles. The van der Waals surface area contributed by atoms with Crippen molar-refractivity contribution in [2.24, 2.45) is 0 Å². The molecule has 1 amide bonds. The maximum Gasteiger partial charge on any atom is 0.245 e. The van der Waals surface area contributed by atoms with Crippen molar-refractivity contribution in [1.29, 1.82) is 5.26 Å². The molecule has 0 aliphatic carbocycles. The number of aryl methyl sites for hydroxylation is 1. The van der Waals surface area contributed by atoms with E-state index < -0.39 is 6.04 Å². The fraction of sp³-hybridized carbons (Fsp3) is 0.500. The predicted molar refractivity (Wildman–Crippen MR) is 81.1 cm³/mol. The summed E-state index contributed by atoms with van der Waals surface area (Å²) >= 11 is 0. The average Bonchev–Trinajstić information content (AvgIpc) is 2.46. The quantitative estimate of drug-likeness (QED) is 0.917. The van der Waals surface area contributed by atoms with Crippen molar-refractivity contribution in [2.75, 3.05) is 24.7 Å². The van der Waals surface area contributed by atoms with Crippen LogP contribution in [0.15, 0.2) is 18.2 Å². The Morgan fingerprint density at radius 2 is 2.29 bits per heavy atom. The molecule has 0 radical (unpaired) electrons. The van der Waals surface area contributed by atoms with E-state index in [9.17, 15) is 10.1 Å². The summed E-state index contributed by atoms with van der Waals surface area (Å²) in [5.41, 5.74) is 2.43. The third-order valence-electron chi connectivity index (χ3n) is 3.51. The van der Waals surface area contributed by atoms with Crippen LogP contribution in [0.2, 0.25) is 0 Å². The Morgan fingerprint density at radius 3 is 2.95 bits per heavy atom. The van der Waals surface area contributed by atoms with E-state index in [0.717, 1.165) is 11.3 Å². The molecule has 1 saturated heterocycles. The first-order valence-corrected chi connectivity index (χ1v) is 7.19. The van der Waals surface area contributed by atoms with Crippen LogP contribution >= 0.6 is 0 Å². The molecule has 1 aromatic rings. The molecule has 1 heterocycles. The number of nitrogens with one attached hydrogen (secondary N) is 1. The maximum absolute atomic E-state index is 12.4. The molecule has 1 fully saturated rings. The molecule has 0 spiro atoms. The van der Waals surface area contributed by atoms with Gasteiger partial charge in [-0.15, -0.1) is 0 Å². The zero-order valence-corrected chi connectivity index (χ0v) is 12.7. The summed E-state index contributed by atoms with van der Waals surface area (Å²) in [4.78, 5) is 14.4. The van der Waals surface area contributed by atoms with Crippen LogP contribution in [0, 0.1) is 18.3 Å². The molecule has 1 unspecified atom stereocenters. The summed E-state index contributed by atoms with van der Waals surface area (Å²) in [6.07, 6.45) is 0. The first kappa shape index (κ1) is 15.3. The summed E-state index contributed by atoms with van der Waals surface area (Å²) in [6.45, 7) is 7.34. The fourth-order valence-corrected chi connectivity index (χ4v) is 2.60. The Labute approximate surface area is 125 Å². The van der Waals surface area contributed by atoms with E-state index in [-0.39, 0.29) is 11.9 Å². The third kappa shape index (κ3) is 3.34. The highest BCUT2D eigenvalue weighted by atomic mass is 16.5. The largest absolute Gasteiger partial charge is 0.377 e. The molecule has 21 heavy (non-hydrogen) atoms. The van der Waals surface area contributed by atoms with Crippen LogP contribution in [0.3, 0.4) is 0 Å². The molecule has 112 valence electrons. The maximum atomic E-state index is 12.4. The number of anilines is 1. The van der Waals surface area contributed by atoms with E-state index in [4.69, 9.17) is 4.74 Å². The number of hydrogen-bond donors (Lipinski definition) is 1. The second-order valence-electron chi connectivity index (χ2n) is 5.53. The standard InChI is InChI=1S/C16H21N3O2/c1-11(2)18-16(20)14-10-21-8-7-19(14)15-12(3)5-4-6-13(15)9-17/h4-6,11,14H,7-8,10H2,1-3H3,(H,18,20). The summed E-state index contributed by atoms with van der Waals surface area (Å²) in [5, 5.41) is 12.3. The highest BCUT2D eigenvalue weighted by molar-refractivity contribution is 5.87. The number of para-hydroxylation sites is 1. The number of ether oxygens (including phenoxy) is 1. The monoisotopic (exact) mass is 287 g/mol. The number of hydrogen-bond acceptors (Lipinski definition) is 4. The summed E-state index contributed by atoms with van der Waals surface area (Å²) in [7, 11) is 0. The van der Waals surface area contributed by atoms with Crippen molar-refractivity contribution in [3.63, 3.8) is 0 Å². The van der Waals surface area contributed by atoms with Crippen molar-refractivity contribution < 1.29 is 9.53 Å². The van der Waals surface area contributed by atoms with E-state index >= 15 is 0 Å². The van der Waals surface area contributed by atoms with E-state index in [0.29, 0.717) is 25.3 Å². The van der Waals surface area contributed by atoms with Crippen LogP contribution in [0.5, 0.6) is 0 Å². The minimum atomic E-state index is -0.394. The fourth-order valence-electron chi connectivity index (χ4n) is 2.60. The van der Waals surface area contributed by atoms with Gasteiger partial charge in [-0.3, -0.25) is 4.79 Å². The highest BCUT2D eigenvalue weighted by Gasteiger charge is 2.31. The van der Waals surface area contributed by atoms with Gasteiger partial charge in [0, 0.05) is 12.6 Å². The lowest BCUT2D eigenvalue weighted by Gasteiger charge is -2.37. The Bertz CT molecular complexity index is 563. The number of amides is 1. The molecular weight excluding hydrogens is 266 g/mol. The highest BCUT2D eigenvalue weighted by Crippen LogP contribution is 2.28. The Kier molecular flexibility index (Phi) is 4.81. The summed E-state index contributed by atoms with van der Waals surface area (Å²) < 4.78 is 5.46. The van der Waals surface area contributed by atoms with Crippen molar-refractivity contribution in [3.8, 4) is 6.07 Å². The Hall–Kier alpha value is -2.06. The van der Waals surface area contributed by atoms with Gasteiger partial charge >= 0.3 is 0 Å². The zero-order chi connectivity index (χ0) is 15.4. The minimum Gasteiger partial charge on any atom is -0.377 e. The van der Waals surface area contributed by atoms with Crippen LogP contribution in [0.25, 0.3) is 0 Å². The second-order valence-corrected chi connectivity index (χ2v) is 5.53. The van der Waals surface area contributed by atoms with Gasteiger partial charge in [0.05, 0.1) is 24.5 Å². The van der Waals surface area contributed by atoms with Gasteiger partial charge < -0.3 is 15.0 Å². The summed E-state index contributed by atoms with van der Waals surface area (Å²) in [5.74, 6) is -0.0585. The number of benzene rings is 1. The number of carbonyl (C=O) groups is 1. The van der Waals surface area contributed by atoms with Gasteiger partial charge in [-0.2, -0.15) is 5.26 Å². The van der Waals surface area contributed by atoms with Gasteiger partial charge in [0.15, 0.2) is 0 Å². The van der Waals surface area contributed by atoms with Crippen LogP contribution in [0.4, 0.5) is 5.69 Å². The van der Waals surface area contributed by atoms with Crippen molar-refractivity contribution in [3.05, 3.63) is 29.3 Å². The lowest BCUT2D eigenvalue weighted by atomic mass is 10.0. The van der Waals surface area contributed by atoms with Gasteiger partial charge in [0.1, 0.15) is 12.1 Å². The van der Waals surface area contributed by atoms with Crippen LogP contribution in [-0.2, 0) is 9.53 Å². The van der Waals surface area contributed by atoms with Crippen LogP contribution in [-0.4, -0.2) is 37.7 Å². The normalized spacial score (nSPS) is 18.4. The second kappa shape index (κ2) is 6.59. The Balaban J connectivity index is 2.36. The first-order valence-electron chi connectivity index (χ1n) is 7.19. The number of nitrogens with zero attached hydrogens (tertiary/aromatic N) is 2. The molecule has 0 saturated carbocycles. The van der Waals surface area contributed by atoms with E-state index in [1.54, 1.807) is 6.07 Å². The minimum absolute atomic E-state index is 0.0585. The number of nitriles is 1. The summed E-state index contributed by atoms with van der Waals surface area (Å²) in [6, 6.07) is 7.51. The van der Waals surface area contributed by atoms with Gasteiger partial charge in [-0.05, 0) is 32.4 Å². The van der Waals surface area contributed by atoms with Crippen molar-refractivity contribution in [2.45, 2.75) is 32.9 Å². The average molecular weight is 287 g/mol. The molecule has 1 aromatic carbocycles. The Morgan fingerprint density at radius 1 is 1.52 bits per heavy atom. The SMILES string of the molecule is Cc1cccc(C#N)c1N1CCOCC1C(=O)NC(C)C. The molecule has 5 heteroatoms. The van der Waals surface area contributed by atoms with Gasteiger partial charge in [-0.25, -0.2) is 0 Å². The molecule has 1 aliphatic heterocycles. The van der Waals surface area contributed by atoms with Crippen molar-refractivity contribution in [1.82, 2.24) is 5.32 Å². The number of morpholine rings is 1.